The van der Waals surface area contributed by atoms with Gasteiger partial charge in [-0.15, -0.1) is 22.6 Å². The number of phenols is 1. The molecule has 0 spiro atoms. The number of nitrogens with one attached hydrogen (secondary N) is 1. The van der Waals surface area contributed by atoms with Gasteiger partial charge in [-0.05, 0) is 56.0 Å². The van der Waals surface area contributed by atoms with Gasteiger partial charge in [0.15, 0.2) is 5.82 Å². The Morgan fingerprint density at radius 1 is 1.07 bits per heavy atom. The fourth-order valence-electron chi connectivity index (χ4n) is 3.36. The second kappa shape index (κ2) is 8.53. The van der Waals surface area contributed by atoms with Crippen LogP contribution >= 0.6 is 12.4 Å². The highest BCUT2D eigenvalue weighted by molar-refractivity contribution is 5.85. The number of alkyl halides is 3. The second-order valence-electron chi connectivity index (χ2n) is 6.98. The second-order valence-corrected chi connectivity index (χ2v) is 6.98. The Morgan fingerprint density at radius 2 is 1.75 bits per heavy atom. The first-order valence-electron chi connectivity index (χ1n) is 8.87. The molecule has 1 aromatic carbocycles. The summed E-state index contributed by atoms with van der Waals surface area (Å²) < 4.78 is 38.4. The molecule has 154 valence electrons. The minimum Gasteiger partial charge on any atom is -0.507 e. The molecule has 1 heterocycles. The maximum absolute atomic E-state index is 12.8. The van der Waals surface area contributed by atoms with Crippen LogP contribution in [-0.2, 0) is 6.18 Å². The van der Waals surface area contributed by atoms with Crippen LogP contribution in [0.15, 0.2) is 18.2 Å². The quantitative estimate of drug-likeness (QED) is 0.679. The van der Waals surface area contributed by atoms with Crippen molar-refractivity contribution in [3.63, 3.8) is 0 Å². The molecule has 0 bridgehead atoms. The van der Waals surface area contributed by atoms with Crippen LogP contribution in [0, 0.1) is 13.8 Å². The largest absolute Gasteiger partial charge is 0.507 e. The van der Waals surface area contributed by atoms with Crippen molar-refractivity contribution in [3.8, 4) is 17.0 Å². The summed E-state index contributed by atoms with van der Waals surface area (Å²) in [7, 11) is 0. The SMILES string of the molecule is Cc1c(N[C@@H]2CCCC[C@H]2O)nnc(-c2ccc(C(F)(F)F)cc2O)c1C.Cl. The molecule has 0 aliphatic heterocycles. The van der Waals surface area contributed by atoms with Gasteiger partial charge in [0.05, 0.1) is 23.4 Å². The third-order valence-corrected chi connectivity index (χ3v) is 5.15. The zero-order valence-electron chi connectivity index (χ0n) is 15.5. The predicted octanol–water partition coefficient (Wildman–Crippen LogP) is 4.62. The molecular weight excluding hydrogens is 395 g/mol. The third-order valence-electron chi connectivity index (χ3n) is 5.15. The molecule has 1 saturated carbocycles. The Balaban J connectivity index is 0.00000280. The Morgan fingerprint density at radius 3 is 2.36 bits per heavy atom. The fourth-order valence-corrected chi connectivity index (χ4v) is 3.36. The molecule has 28 heavy (non-hydrogen) atoms. The summed E-state index contributed by atoms with van der Waals surface area (Å²) in [4.78, 5) is 0. The zero-order chi connectivity index (χ0) is 19.8. The van der Waals surface area contributed by atoms with Crippen molar-refractivity contribution >= 4 is 18.2 Å². The zero-order valence-corrected chi connectivity index (χ0v) is 16.4. The smallest absolute Gasteiger partial charge is 0.416 e. The summed E-state index contributed by atoms with van der Waals surface area (Å²) in [6.07, 6.45) is -1.38. The number of nitrogens with zero attached hydrogens (tertiary/aromatic N) is 2. The number of rotatable bonds is 3. The Labute approximate surface area is 167 Å². The van der Waals surface area contributed by atoms with Crippen molar-refractivity contribution in [3.05, 3.63) is 34.9 Å². The average molecular weight is 418 g/mol. The van der Waals surface area contributed by atoms with Crippen LogP contribution in [-0.4, -0.2) is 32.6 Å². The van der Waals surface area contributed by atoms with Gasteiger partial charge in [0.25, 0.3) is 0 Å². The lowest BCUT2D eigenvalue weighted by molar-refractivity contribution is -0.137. The van der Waals surface area contributed by atoms with Gasteiger partial charge in [-0.2, -0.15) is 13.2 Å². The molecule has 2 atom stereocenters. The van der Waals surface area contributed by atoms with E-state index in [1.165, 1.54) is 6.07 Å². The Kier molecular flexibility index (Phi) is 6.77. The van der Waals surface area contributed by atoms with Gasteiger partial charge in [0.2, 0.25) is 0 Å². The molecule has 1 aliphatic rings. The number of hydrogen-bond acceptors (Lipinski definition) is 5. The van der Waals surface area contributed by atoms with Crippen molar-refractivity contribution in [1.29, 1.82) is 0 Å². The van der Waals surface area contributed by atoms with Crippen LogP contribution in [0.2, 0.25) is 0 Å². The number of aromatic hydroxyl groups is 1. The van der Waals surface area contributed by atoms with Crippen molar-refractivity contribution in [2.24, 2.45) is 0 Å². The van der Waals surface area contributed by atoms with Gasteiger partial charge in [-0.25, -0.2) is 0 Å². The number of anilines is 1. The summed E-state index contributed by atoms with van der Waals surface area (Å²) in [5.41, 5.74) is 1.08. The van der Waals surface area contributed by atoms with E-state index in [1.54, 1.807) is 6.92 Å². The van der Waals surface area contributed by atoms with E-state index in [9.17, 15) is 23.4 Å². The molecule has 0 radical (unpaired) electrons. The monoisotopic (exact) mass is 417 g/mol. The van der Waals surface area contributed by atoms with Crippen LogP contribution in [0.25, 0.3) is 11.3 Å². The molecule has 0 saturated heterocycles. The normalized spacial score (nSPS) is 19.8. The van der Waals surface area contributed by atoms with E-state index in [-0.39, 0.29) is 24.0 Å². The standard InChI is InChI=1S/C19H22F3N3O2.ClH/c1-10-11(2)18(23-14-5-3-4-6-15(14)26)25-24-17(10)13-8-7-12(9-16(13)27)19(20,21)22;/h7-9,14-15,26-27H,3-6H2,1-2H3,(H,23,25);1H/t14-,15-;/m1./s1. The maximum atomic E-state index is 12.8. The summed E-state index contributed by atoms with van der Waals surface area (Å²) in [5.74, 6) is 0.0404. The van der Waals surface area contributed by atoms with Crippen LogP contribution in [0.1, 0.15) is 42.4 Å². The van der Waals surface area contributed by atoms with Gasteiger partial charge < -0.3 is 15.5 Å². The van der Waals surface area contributed by atoms with Crippen molar-refractivity contribution < 1.29 is 23.4 Å². The van der Waals surface area contributed by atoms with E-state index in [4.69, 9.17) is 0 Å². The number of aliphatic hydroxyl groups is 1. The molecule has 1 fully saturated rings. The van der Waals surface area contributed by atoms with Crippen molar-refractivity contribution in [2.75, 3.05) is 5.32 Å². The van der Waals surface area contributed by atoms with Crippen LogP contribution in [0.3, 0.4) is 0 Å². The average Bonchev–Trinajstić information content (AvgIpc) is 2.60. The number of benzene rings is 1. The molecule has 0 amide bonds. The highest BCUT2D eigenvalue weighted by Gasteiger charge is 2.31. The fraction of sp³-hybridized carbons (Fsp3) is 0.474. The first kappa shape index (κ1) is 22.2. The summed E-state index contributed by atoms with van der Waals surface area (Å²) in [6.45, 7) is 3.60. The predicted molar refractivity (Wildman–Crippen MR) is 103 cm³/mol. The number of halogens is 4. The van der Waals surface area contributed by atoms with Gasteiger partial charge in [-0.3, -0.25) is 0 Å². The van der Waals surface area contributed by atoms with Crippen LogP contribution in [0.5, 0.6) is 5.75 Å². The van der Waals surface area contributed by atoms with Crippen LogP contribution in [0.4, 0.5) is 19.0 Å². The number of hydrogen-bond donors (Lipinski definition) is 3. The topological polar surface area (TPSA) is 78.3 Å². The molecule has 3 rings (SSSR count). The Hall–Kier alpha value is -2.06. The summed E-state index contributed by atoms with van der Waals surface area (Å²) in [6, 6.07) is 2.70. The van der Waals surface area contributed by atoms with E-state index in [0.29, 0.717) is 23.1 Å². The first-order valence-corrected chi connectivity index (χ1v) is 8.87. The van der Waals surface area contributed by atoms with Crippen molar-refractivity contribution in [2.45, 2.75) is 57.9 Å². The molecule has 2 aromatic rings. The van der Waals surface area contributed by atoms with E-state index >= 15 is 0 Å². The molecular formula is C19H23ClF3N3O2. The molecule has 1 aliphatic carbocycles. The van der Waals surface area contributed by atoms with Gasteiger partial charge in [0.1, 0.15) is 5.75 Å². The molecule has 3 N–H and O–H groups in total. The van der Waals surface area contributed by atoms with Crippen LogP contribution < -0.4 is 5.32 Å². The van der Waals surface area contributed by atoms with Gasteiger partial charge >= 0.3 is 6.18 Å². The number of phenolic OH excluding ortho intramolecular Hbond substituents is 1. The van der Waals surface area contributed by atoms with Gasteiger partial charge in [0, 0.05) is 5.56 Å². The lowest BCUT2D eigenvalue weighted by atomic mass is 9.92. The number of aliphatic hydroxyl groups excluding tert-OH is 1. The first-order chi connectivity index (χ1) is 12.7. The molecule has 9 heteroatoms. The highest BCUT2D eigenvalue weighted by Crippen LogP contribution is 2.37. The minimum absolute atomic E-state index is 0. The highest BCUT2D eigenvalue weighted by atomic mass is 35.5. The third kappa shape index (κ3) is 4.50. The minimum atomic E-state index is -4.53. The summed E-state index contributed by atoms with van der Waals surface area (Å²) >= 11 is 0. The molecule has 5 nitrogen and oxygen atoms in total. The maximum Gasteiger partial charge on any atom is 0.416 e. The van der Waals surface area contributed by atoms with E-state index in [0.717, 1.165) is 37.3 Å². The van der Waals surface area contributed by atoms with E-state index in [2.05, 4.69) is 15.5 Å². The van der Waals surface area contributed by atoms with Gasteiger partial charge in [-0.1, -0.05) is 12.8 Å². The Bertz CT molecular complexity index is 846. The molecule has 0 unspecified atom stereocenters. The lowest BCUT2D eigenvalue weighted by Gasteiger charge is -2.29. The van der Waals surface area contributed by atoms with Crippen molar-refractivity contribution in [1.82, 2.24) is 10.2 Å². The van der Waals surface area contributed by atoms with E-state index in [1.807, 2.05) is 6.92 Å². The number of aromatic nitrogens is 2. The summed E-state index contributed by atoms with van der Waals surface area (Å²) in [5, 5.41) is 31.7. The molecule has 1 aromatic heterocycles. The van der Waals surface area contributed by atoms with E-state index < -0.39 is 23.6 Å². The lowest BCUT2D eigenvalue weighted by Crippen LogP contribution is -2.36.